The van der Waals surface area contributed by atoms with Crippen molar-refractivity contribution >= 4 is 56.0 Å². The summed E-state index contributed by atoms with van der Waals surface area (Å²) in [5.41, 5.74) is 2.61. The van der Waals surface area contributed by atoms with Crippen LogP contribution in [0.4, 0.5) is 5.13 Å². The molecular weight excluding hydrogens is 410 g/mol. The van der Waals surface area contributed by atoms with Crippen molar-refractivity contribution in [1.29, 1.82) is 0 Å². The predicted octanol–water partition coefficient (Wildman–Crippen LogP) is 5.58. The summed E-state index contributed by atoms with van der Waals surface area (Å²) in [5.74, 6) is -0.0192. The van der Waals surface area contributed by atoms with E-state index in [9.17, 15) is 4.79 Å². The Kier molecular flexibility index (Phi) is 6.99. The Balaban J connectivity index is 1.95. The van der Waals surface area contributed by atoms with Crippen LogP contribution in [0.1, 0.15) is 22.3 Å². The zero-order valence-electron chi connectivity index (χ0n) is 16.5. The molecule has 0 N–H and O–H groups in total. The maximum Gasteiger partial charge on any atom is 0.260 e. The van der Waals surface area contributed by atoms with Crippen molar-refractivity contribution in [1.82, 2.24) is 9.88 Å². The number of nitrogens with zero attached hydrogens (tertiary/aromatic N) is 3. The Morgan fingerprint density at radius 3 is 2.54 bits per heavy atom. The molecule has 28 heavy (non-hydrogen) atoms. The molecule has 1 heterocycles. The number of aromatic nitrogens is 1. The molecule has 0 radical (unpaired) electrons. The van der Waals surface area contributed by atoms with Gasteiger partial charge in [0.05, 0.1) is 10.2 Å². The van der Waals surface area contributed by atoms with E-state index in [1.807, 2.05) is 63.7 Å². The van der Waals surface area contributed by atoms with Crippen molar-refractivity contribution in [3.8, 4) is 0 Å². The van der Waals surface area contributed by atoms with Gasteiger partial charge in [0.2, 0.25) is 0 Å². The van der Waals surface area contributed by atoms with Gasteiger partial charge < -0.3 is 4.90 Å². The molecule has 0 aliphatic carbocycles. The van der Waals surface area contributed by atoms with Gasteiger partial charge in [-0.25, -0.2) is 4.98 Å². The smallest absolute Gasteiger partial charge is 0.260 e. The minimum atomic E-state index is -0.0192. The zero-order chi connectivity index (χ0) is 20.3. The zero-order valence-corrected chi connectivity index (χ0v) is 18.9. The first-order valence-electron chi connectivity index (χ1n) is 9.06. The molecule has 0 spiro atoms. The molecule has 0 fully saturated rings. The summed E-state index contributed by atoms with van der Waals surface area (Å²) < 4.78 is 1.00. The van der Waals surface area contributed by atoms with E-state index in [1.165, 1.54) is 11.3 Å². The van der Waals surface area contributed by atoms with E-state index >= 15 is 0 Å². The lowest BCUT2D eigenvalue weighted by atomic mass is 10.2. The summed E-state index contributed by atoms with van der Waals surface area (Å²) in [4.78, 5) is 23.1. The summed E-state index contributed by atoms with van der Waals surface area (Å²) >= 11 is 9.39. The van der Waals surface area contributed by atoms with Gasteiger partial charge >= 0.3 is 0 Å². The molecule has 0 unspecified atom stereocenters. The number of benzene rings is 2. The molecule has 148 valence electrons. The van der Waals surface area contributed by atoms with Gasteiger partial charge in [-0.3, -0.25) is 9.69 Å². The number of hydrogen-bond donors (Lipinski definition) is 0. The molecule has 0 saturated carbocycles. The van der Waals surface area contributed by atoms with E-state index < -0.39 is 0 Å². The highest BCUT2D eigenvalue weighted by atomic mass is 35.5. The van der Waals surface area contributed by atoms with Crippen LogP contribution in [0.2, 0.25) is 5.02 Å². The highest BCUT2D eigenvalue weighted by Gasteiger charge is 2.22. The highest BCUT2D eigenvalue weighted by Crippen LogP contribution is 2.33. The summed E-state index contributed by atoms with van der Waals surface area (Å²) in [6.45, 7) is 3.52. The van der Waals surface area contributed by atoms with Crippen molar-refractivity contribution < 1.29 is 4.79 Å². The van der Waals surface area contributed by atoms with Gasteiger partial charge in [-0.15, -0.1) is 11.8 Å². The van der Waals surface area contributed by atoms with Gasteiger partial charge in [-0.1, -0.05) is 22.9 Å². The average Bonchev–Trinajstić information content (AvgIpc) is 3.08. The quantitative estimate of drug-likeness (QED) is 0.456. The van der Waals surface area contributed by atoms with E-state index in [-0.39, 0.29) is 5.91 Å². The first kappa shape index (κ1) is 21.1. The molecule has 0 aliphatic rings. The number of thioether (sulfide) groups is 1. The second-order valence-electron chi connectivity index (χ2n) is 6.91. The average molecular weight is 434 g/mol. The fourth-order valence-corrected chi connectivity index (χ4v) is 4.83. The minimum absolute atomic E-state index is 0.0192. The Hall–Kier alpha value is -1.60. The van der Waals surface area contributed by atoms with Crippen molar-refractivity contribution in [2.24, 2.45) is 0 Å². The van der Waals surface area contributed by atoms with E-state index in [4.69, 9.17) is 16.6 Å². The Labute approximate surface area is 179 Å². The number of amides is 1. The number of rotatable bonds is 7. The van der Waals surface area contributed by atoms with Crippen LogP contribution in [0.5, 0.6) is 0 Å². The molecule has 0 saturated heterocycles. The number of carbonyl (C=O) groups excluding carboxylic acids is 1. The second kappa shape index (κ2) is 9.27. The van der Waals surface area contributed by atoms with Crippen LogP contribution in [-0.4, -0.2) is 49.2 Å². The first-order valence-corrected chi connectivity index (χ1v) is 11.5. The number of thiazole rings is 1. The SMILES string of the molecule is CSc1ccc(C(=O)N(CCCN(C)C)c2nc3c(C)cc(Cl)cc3s2)cc1. The van der Waals surface area contributed by atoms with Gasteiger partial charge in [0, 0.05) is 22.0 Å². The normalized spacial score (nSPS) is 11.4. The van der Waals surface area contributed by atoms with Gasteiger partial charge in [-0.2, -0.15) is 0 Å². The molecule has 2 aromatic carbocycles. The van der Waals surface area contributed by atoms with E-state index in [0.717, 1.165) is 38.8 Å². The standard InChI is InChI=1S/C21H24ClN3OS2/c1-14-12-16(22)13-18-19(14)23-21(28-18)25(11-5-10-24(2)3)20(26)15-6-8-17(27-4)9-7-15/h6-9,12-13H,5,10-11H2,1-4H3. The van der Waals surface area contributed by atoms with Crippen LogP contribution in [-0.2, 0) is 0 Å². The number of aryl methyl sites for hydroxylation is 1. The van der Waals surface area contributed by atoms with E-state index in [0.29, 0.717) is 17.1 Å². The van der Waals surface area contributed by atoms with Crippen LogP contribution < -0.4 is 4.90 Å². The molecular formula is C21H24ClN3OS2. The van der Waals surface area contributed by atoms with Crippen molar-refractivity contribution in [2.75, 3.05) is 38.3 Å². The molecule has 0 atom stereocenters. The molecule has 7 heteroatoms. The largest absolute Gasteiger partial charge is 0.309 e. The Morgan fingerprint density at radius 1 is 1.18 bits per heavy atom. The number of halogens is 1. The van der Waals surface area contributed by atoms with Gasteiger partial charge in [0.15, 0.2) is 5.13 Å². The number of fused-ring (bicyclic) bond motifs is 1. The molecule has 3 aromatic rings. The Bertz CT molecular complexity index is 970. The predicted molar refractivity (Wildman–Crippen MR) is 122 cm³/mol. The summed E-state index contributed by atoms with van der Waals surface area (Å²) in [6, 6.07) is 11.6. The molecule has 1 aromatic heterocycles. The summed E-state index contributed by atoms with van der Waals surface area (Å²) in [6.07, 6.45) is 2.90. The maximum absolute atomic E-state index is 13.3. The molecule has 1 amide bonds. The monoisotopic (exact) mass is 433 g/mol. The first-order chi connectivity index (χ1) is 13.4. The topological polar surface area (TPSA) is 36.4 Å². The maximum atomic E-state index is 13.3. The lowest BCUT2D eigenvalue weighted by molar-refractivity contribution is 0.0986. The lowest BCUT2D eigenvalue weighted by Crippen LogP contribution is -2.33. The van der Waals surface area contributed by atoms with Crippen molar-refractivity contribution in [3.05, 3.63) is 52.5 Å². The van der Waals surface area contributed by atoms with Crippen molar-refractivity contribution in [3.63, 3.8) is 0 Å². The third-order valence-corrected chi connectivity index (χ3v) is 6.43. The van der Waals surface area contributed by atoms with E-state index in [1.54, 1.807) is 16.7 Å². The summed E-state index contributed by atoms with van der Waals surface area (Å²) in [7, 11) is 4.08. The number of anilines is 1. The van der Waals surface area contributed by atoms with Gasteiger partial charge in [-0.05, 0) is 82.2 Å². The van der Waals surface area contributed by atoms with Crippen LogP contribution in [0.3, 0.4) is 0 Å². The fourth-order valence-electron chi connectivity index (χ4n) is 2.98. The number of carbonyl (C=O) groups is 1. The van der Waals surface area contributed by atoms with Crippen LogP contribution in [0.25, 0.3) is 10.2 Å². The lowest BCUT2D eigenvalue weighted by Gasteiger charge is -2.21. The van der Waals surface area contributed by atoms with Crippen LogP contribution >= 0.6 is 34.7 Å². The summed E-state index contributed by atoms with van der Waals surface area (Å²) in [5, 5.41) is 1.41. The second-order valence-corrected chi connectivity index (χ2v) is 9.23. The Morgan fingerprint density at radius 2 is 1.89 bits per heavy atom. The molecule has 3 rings (SSSR count). The van der Waals surface area contributed by atoms with Gasteiger partial charge in [0.25, 0.3) is 5.91 Å². The van der Waals surface area contributed by atoms with Crippen LogP contribution in [0.15, 0.2) is 41.3 Å². The molecule has 4 nitrogen and oxygen atoms in total. The molecule has 0 aliphatic heterocycles. The molecule has 0 bridgehead atoms. The van der Waals surface area contributed by atoms with Gasteiger partial charge in [0.1, 0.15) is 0 Å². The third kappa shape index (κ3) is 4.87. The highest BCUT2D eigenvalue weighted by molar-refractivity contribution is 7.98. The van der Waals surface area contributed by atoms with Crippen LogP contribution in [0, 0.1) is 6.92 Å². The van der Waals surface area contributed by atoms with Crippen molar-refractivity contribution in [2.45, 2.75) is 18.2 Å². The third-order valence-electron chi connectivity index (χ3n) is 4.44. The minimum Gasteiger partial charge on any atom is -0.309 e. The fraction of sp³-hybridized carbons (Fsp3) is 0.333. The van der Waals surface area contributed by atoms with E-state index in [2.05, 4.69) is 4.90 Å². The number of hydrogen-bond acceptors (Lipinski definition) is 5.